The van der Waals surface area contributed by atoms with Gasteiger partial charge in [-0.15, -0.1) is 0 Å². The molecular weight excluding hydrogens is 649 g/mol. The van der Waals surface area contributed by atoms with Gasteiger partial charge >= 0.3 is 0 Å². The molecule has 0 heteroatoms. The molecule has 0 bridgehead atoms. The van der Waals surface area contributed by atoms with Gasteiger partial charge in [-0.3, -0.25) is 0 Å². The molecule has 0 aliphatic heterocycles. The number of rotatable bonds is 4. The highest BCUT2D eigenvalue weighted by molar-refractivity contribution is 6.28. The Balaban J connectivity index is 1.23. The van der Waals surface area contributed by atoms with Gasteiger partial charge in [0.15, 0.2) is 0 Å². The van der Waals surface area contributed by atoms with E-state index in [1.165, 1.54) is 0 Å². The fourth-order valence-corrected chi connectivity index (χ4v) is 8.08. The lowest BCUT2D eigenvalue weighted by Gasteiger charge is -2.20. The van der Waals surface area contributed by atoms with Crippen LogP contribution in [-0.2, 0) is 0 Å². The Morgan fingerprint density at radius 3 is 1.24 bits per heavy atom. The second kappa shape index (κ2) is 11.2. The molecule has 0 unspecified atom stereocenters. The first-order chi connectivity index (χ1) is 34.3. The molecular formula is C54H32. The summed E-state index contributed by atoms with van der Waals surface area (Å²) in [4.78, 5) is 0. The summed E-state index contributed by atoms with van der Waals surface area (Å²) in [6.07, 6.45) is 0. The summed E-state index contributed by atoms with van der Waals surface area (Å²) < 4.78 is 164. The Bertz CT molecular complexity index is 4420. The van der Waals surface area contributed by atoms with Gasteiger partial charge in [-0.2, -0.15) is 0 Å². The van der Waals surface area contributed by atoms with Crippen molar-refractivity contribution >= 4 is 75.4 Å². The average Bonchev–Trinajstić information content (AvgIpc) is 3.37. The molecule has 0 saturated heterocycles. The van der Waals surface area contributed by atoms with Gasteiger partial charge in [-0.1, -0.05) is 188 Å². The molecule has 0 atom stereocenters. The lowest BCUT2D eigenvalue weighted by atomic mass is 9.83. The third kappa shape index (κ3) is 4.20. The van der Waals surface area contributed by atoms with Gasteiger partial charge in [0.2, 0.25) is 0 Å². The first-order valence-corrected chi connectivity index (χ1v) is 17.4. The van der Waals surface area contributed by atoms with Crippen LogP contribution in [0.1, 0.15) is 24.7 Å². The third-order valence-electron chi connectivity index (χ3n) is 10.5. The van der Waals surface area contributed by atoms with Crippen LogP contribution in [0.3, 0.4) is 0 Å². The van der Waals surface area contributed by atoms with Crippen LogP contribution in [0.15, 0.2) is 194 Å². The van der Waals surface area contributed by atoms with Crippen molar-refractivity contribution in [3.05, 3.63) is 194 Å². The quantitative estimate of drug-likeness (QED) is 0.161. The van der Waals surface area contributed by atoms with Crippen LogP contribution in [0.5, 0.6) is 0 Å². The normalized spacial score (nSPS) is 16.7. The maximum absolute atomic E-state index is 9.70. The fraction of sp³-hybridized carbons (Fsp3) is 0. The van der Waals surface area contributed by atoms with Gasteiger partial charge in [-0.05, 0) is 126 Å². The molecule has 0 aliphatic carbocycles. The predicted octanol–water partition coefficient (Wildman–Crippen LogP) is 15.3. The van der Waals surface area contributed by atoms with E-state index in [0.29, 0.717) is 33.0 Å². The van der Waals surface area contributed by atoms with Gasteiger partial charge in [0.05, 0.1) is 24.7 Å². The number of hydrogen-bond acceptors (Lipinski definition) is 0. The van der Waals surface area contributed by atoms with Gasteiger partial charge < -0.3 is 0 Å². The van der Waals surface area contributed by atoms with Crippen molar-refractivity contribution in [2.45, 2.75) is 0 Å². The lowest BCUT2D eigenvalue weighted by molar-refractivity contribution is 1.59. The zero-order valence-corrected chi connectivity index (χ0v) is 28.1. The molecule has 0 radical (unpaired) electrons. The van der Waals surface area contributed by atoms with E-state index in [0.717, 1.165) is 11.1 Å². The average molecular weight is 699 g/mol. The number of benzene rings is 12. The van der Waals surface area contributed by atoms with E-state index in [4.69, 9.17) is 13.7 Å². The van der Waals surface area contributed by atoms with E-state index in [-0.39, 0.29) is 75.8 Å². The molecule has 248 valence electrons. The second-order valence-corrected chi connectivity index (χ2v) is 13.3. The maximum Gasteiger partial charge on any atom is 0.0630 e. The number of hydrogen-bond donors (Lipinski definition) is 0. The minimum absolute atomic E-state index is 0.00153. The van der Waals surface area contributed by atoms with Crippen LogP contribution in [0.25, 0.3) is 120 Å². The van der Waals surface area contributed by atoms with Crippen molar-refractivity contribution in [3.8, 4) is 44.5 Å². The van der Waals surface area contributed by atoms with Gasteiger partial charge in [0.1, 0.15) is 0 Å². The zero-order valence-electron chi connectivity index (χ0n) is 46.1. The molecule has 0 heterocycles. The van der Waals surface area contributed by atoms with E-state index in [1.807, 2.05) is 48.5 Å². The Morgan fingerprint density at radius 2 is 0.685 bits per heavy atom. The highest BCUT2D eigenvalue weighted by atomic mass is 14.2. The van der Waals surface area contributed by atoms with E-state index in [1.54, 1.807) is 36.4 Å². The summed E-state index contributed by atoms with van der Waals surface area (Å²) in [6.45, 7) is 0. The summed E-state index contributed by atoms with van der Waals surface area (Å²) >= 11 is 0. The monoisotopic (exact) mass is 698 g/mol. The predicted molar refractivity (Wildman–Crippen MR) is 233 cm³/mol. The molecule has 0 aliphatic rings. The first kappa shape index (κ1) is 17.2. The molecule has 0 saturated carbocycles. The van der Waals surface area contributed by atoms with Gasteiger partial charge in [-0.25, -0.2) is 0 Å². The van der Waals surface area contributed by atoms with E-state index in [9.17, 15) is 11.0 Å². The highest BCUT2D eigenvalue weighted by Gasteiger charge is 2.19. The van der Waals surface area contributed by atoms with Crippen LogP contribution in [0.2, 0.25) is 0 Å². The van der Waals surface area contributed by atoms with Crippen molar-refractivity contribution in [2.24, 2.45) is 0 Å². The SMILES string of the molecule is [2H]c1c([2H])c2c([2H])c([2H])c3c([2H])c([2H])c(-c4ccc(-c5ccccc5)cc4-c4ccc(-c5c([2H])c([2H])c6c([2H])c([2H])c7c([2H])c([2H])c([2H])c8c([2H])c([2H])c5c6c78)c5ccccc45)c4c([2H])c([2H])c(c1[2H])c2c34. The van der Waals surface area contributed by atoms with Crippen LogP contribution in [0.4, 0.5) is 0 Å². The summed E-state index contributed by atoms with van der Waals surface area (Å²) in [5, 5.41) is 0.245. The fourth-order valence-electron chi connectivity index (χ4n) is 8.08. The standard InChI is InChI=1S/C54H32/c1-2-8-33(9-3-1)40-24-27-46(45-26-21-39-19-17-35-11-7-13-37-23-29-49(45)54(39)52(35)37)50(32-40)47-31-30-43(41-14-4-5-15-42(41)47)44-25-20-38-18-16-34-10-6-12-36-22-28-48(44)53(38)51(34)36/h1-32H/i6D,7D,10D,11D,12D,13D,16D,17D,18D,19D,20D,21D,22D,23D,25D,26D,28D,29D. The molecule has 0 aromatic heterocycles. The molecule has 12 aromatic rings. The zero-order chi connectivity index (χ0) is 51.0. The molecule has 0 fully saturated rings. The largest absolute Gasteiger partial charge is 0.0630 e. The van der Waals surface area contributed by atoms with Crippen LogP contribution in [-0.4, -0.2) is 0 Å². The first-order valence-electron chi connectivity index (χ1n) is 26.4. The minimum Gasteiger partial charge on any atom is -0.0622 e. The van der Waals surface area contributed by atoms with E-state index >= 15 is 0 Å². The van der Waals surface area contributed by atoms with Gasteiger partial charge in [0.25, 0.3) is 0 Å². The van der Waals surface area contributed by atoms with Crippen molar-refractivity contribution in [1.29, 1.82) is 0 Å². The topological polar surface area (TPSA) is 0 Å². The molecule has 0 nitrogen and oxygen atoms in total. The van der Waals surface area contributed by atoms with Crippen LogP contribution >= 0.6 is 0 Å². The maximum atomic E-state index is 9.70. The third-order valence-corrected chi connectivity index (χ3v) is 10.5. The molecule has 0 N–H and O–H groups in total. The molecule has 12 rings (SSSR count). The van der Waals surface area contributed by atoms with Crippen molar-refractivity contribution in [3.63, 3.8) is 0 Å². The van der Waals surface area contributed by atoms with E-state index < -0.39 is 109 Å². The molecule has 0 amide bonds. The Morgan fingerprint density at radius 1 is 0.259 bits per heavy atom. The van der Waals surface area contributed by atoms with Gasteiger partial charge in [0, 0.05) is 0 Å². The minimum atomic E-state index is -0.573. The van der Waals surface area contributed by atoms with Crippen molar-refractivity contribution < 1.29 is 24.7 Å². The second-order valence-electron chi connectivity index (χ2n) is 13.3. The van der Waals surface area contributed by atoms with Crippen molar-refractivity contribution in [1.82, 2.24) is 0 Å². The summed E-state index contributed by atoms with van der Waals surface area (Å²) in [6, 6.07) is 16.9. The van der Waals surface area contributed by atoms with Crippen molar-refractivity contribution in [2.75, 3.05) is 0 Å². The Kier molecular flexibility index (Phi) is 3.58. The smallest absolute Gasteiger partial charge is 0.0622 e. The lowest BCUT2D eigenvalue weighted by Crippen LogP contribution is -1.93. The Labute approximate surface area is 338 Å². The summed E-state index contributed by atoms with van der Waals surface area (Å²) in [5.74, 6) is 0. The van der Waals surface area contributed by atoms with E-state index in [2.05, 4.69) is 0 Å². The van der Waals surface area contributed by atoms with Crippen LogP contribution < -0.4 is 0 Å². The molecule has 54 heavy (non-hydrogen) atoms. The summed E-state index contributed by atoms with van der Waals surface area (Å²) in [5.41, 5.74) is 3.35. The summed E-state index contributed by atoms with van der Waals surface area (Å²) in [7, 11) is 0. The number of fused-ring (bicyclic) bond motifs is 1. The Hall–Kier alpha value is -7.02. The van der Waals surface area contributed by atoms with Crippen LogP contribution in [0, 0.1) is 0 Å². The molecule has 12 aromatic carbocycles. The highest BCUT2D eigenvalue weighted by Crippen LogP contribution is 2.47. The molecule has 0 spiro atoms.